The Kier molecular flexibility index (Phi) is 4.43. The summed E-state index contributed by atoms with van der Waals surface area (Å²) < 4.78 is 1.28. The third kappa shape index (κ3) is 2.60. The van der Waals surface area contributed by atoms with Gasteiger partial charge >= 0.3 is 0 Å². The number of anilines is 1. The van der Waals surface area contributed by atoms with Crippen molar-refractivity contribution in [3.63, 3.8) is 0 Å². The SMILES string of the molecule is Cl.NCC1CCCN(c2nc3ccccc3s2)C1. The number of thiazole rings is 1. The minimum absolute atomic E-state index is 0. The number of halogens is 1. The second-order valence-corrected chi connectivity index (χ2v) is 5.66. The van der Waals surface area contributed by atoms with Crippen molar-refractivity contribution in [1.82, 2.24) is 4.98 Å². The minimum Gasteiger partial charge on any atom is -0.348 e. The lowest BCUT2D eigenvalue weighted by molar-refractivity contribution is 0.423. The van der Waals surface area contributed by atoms with Gasteiger partial charge < -0.3 is 10.6 Å². The Morgan fingerprint density at radius 1 is 1.39 bits per heavy atom. The van der Waals surface area contributed by atoms with Gasteiger partial charge in [0.15, 0.2) is 5.13 Å². The van der Waals surface area contributed by atoms with Crippen molar-refractivity contribution in [3.8, 4) is 0 Å². The minimum atomic E-state index is 0. The Morgan fingerprint density at radius 2 is 2.22 bits per heavy atom. The van der Waals surface area contributed by atoms with Gasteiger partial charge in [-0.25, -0.2) is 4.98 Å². The number of hydrogen-bond acceptors (Lipinski definition) is 4. The van der Waals surface area contributed by atoms with Crippen LogP contribution in [0.15, 0.2) is 24.3 Å². The highest BCUT2D eigenvalue weighted by Gasteiger charge is 2.21. The standard InChI is InChI=1S/C13H17N3S.ClH/c14-8-10-4-3-7-16(9-10)13-15-11-5-1-2-6-12(11)17-13;/h1-2,5-6,10H,3-4,7-9,14H2;1H. The van der Waals surface area contributed by atoms with E-state index in [0.29, 0.717) is 5.92 Å². The summed E-state index contributed by atoms with van der Waals surface area (Å²) in [5.74, 6) is 0.635. The monoisotopic (exact) mass is 283 g/mol. The summed E-state index contributed by atoms with van der Waals surface area (Å²) in [4.78, 5) is 7.10. The number of hydrogen-bond donors (Lipinski definition) is 1. The van der Waals surface area contributed by atoms with Gasteiger partial charge in [0.05, 0.1) is 10.2 Å². The van der Waals surface area contributed by atoms with Gasteiger partial charge in [0.1, 0.15) is 0 Å². The molecule has 0 amide bonds. The molecule has 2 aromatic rings. The predicted molar refractivity (Wildman–Crippen MR) is 80.9 cm³/mol. The molecule has 1 aromatic heterocycles. The lowest BCUT2D eigenvalue weighted by Crippen LogP contribution is -2.38. The summed E-state index contributed by atoms with van der Waals surface area (Å²) in [7, 11) is 0. The van der Waals surface area contributed by atoms with Crippen LogP contribution in [0.4, 0.5) is 5.13 Å². The van der Waals surface area contributed by atoms with E-state index >= 15 is 0 Å². The van der Waals surface area contributed by atoms with Crippen LogP contribution in [0.3, 0.4) is 0 Å². The molecular weight excluding hydrogens is 266 g/mol. The molecule has 3 rings (SSSR count). The van der Waals surface area contributed by atoms with Gasteiger partial charge in [-0.2, -0.15) is 0 Å². The number of nitrogens with two attached hydrogens (primary N) is 1. The summed E-state index contributed by atoms with van der Waals surface area (Å²) >= 11 is 1.79. The van der Waals surface area contributed by atoms with Crippen molar-refractivity contribution in [2.24, 2.45) is 11.7 Å². The second-order valence-electron chi connectivity index (χ2n) is 4.65. The maximum absolute atomic E-state index is 5.77. The Labute approximate surface area is 117 Å². The maximum atomic E-state index is 5.77. The highest BCUT2D eigenvalue weighted by atomic mass is 35.5. The van der Waals surface area contributed by atoms with Crippen molar-refractivity contribution >= 4 is 39.1 Å². The Hall–Kier alpha value is -0.840. The van der Waals surface area contributed by atoms with Crippen molar-refractivity contribution in [3.05, 3.63) is 24.3 Å². The van der Waals surface area contributed by atoms with Crippen LogP contribution >= 0.6 is 23.7 Å². The molecule has 2 heterocycles. The van der Waals surface area contributed by atoms with Crippen LogP contribution in [0.25, 0.3) is 10.2 Å². The summed E-state index contributed by atoms with van der Waals surface area (Å²) in [5.41, 5.74) is 6.89. The van der Waals surface area contributed by atoms with E-state index in [-0.39, 0.29) is 12.4 Å². The van der Waals surface area contributed by atoms with E-state index in [1.54, 1.807) is 11.3 Å². The van der Waals surface area contributed by atoms with E-state index in [1.807, 2.05) is 6.07 Å². The number of aromatic nitrogens is 1. The molecule has 3 nitrogen and oxygen atoms in total. The summed E-state index contributed by atoms with van der Waals surface area (Å²) in [6.45, 7) is 2.98. The molecule has 98 valence electrons. The molecule has 1 fully saturated rings. The van der Waals surface area contributed by atoms with E-state index in [4.69, 9.17) is 10.7 Å². The molecule has 5 heteroatoms. The average molecular weight is 284 g/mol. The van der Waals surface area contributed by atoms with E-state index < -0.39 is 0 Å². The molecule has 1 aliphatic rings. The summed E-state index contributed by atoms with van der Waals surface area (Å²) in [6, 6.07) is 8.34. The molecular formula is C13H18ClN3S. The van der Waals surface area contributed by atoms with Gasteiger partial charge in [-0.05, 0) is 37.4 Å². The van der Waals surface area contributed by atoms with Crippen LogP contribution in [0.2, 0.25) is 0 Å². The van der Waals surface area contributed by atoms with Crippen molar-refractivity contribution < 1.29 is 0 Å². The normalized spacial score (nSPS) is 19.8. The fourth-order valence-corrected chi connectivity index (χ4v) is 3.43. The largest absolute Gasteiger partial charge is 0.348 e. The van der Waals surface area contributed by atoms with Crippen LogP contribution in [0.5, 0.6) is 0 Å². The number of fused-ring (bicyclic) bond motifs is 1. The molecule has 0 spiro atoms. The van der Waals surface area contributed by atoms with Gasteiger partial charge in [-0.1, -0.05) is 23.5 Å². The van der Waals surface area contributed by atoms with Gasteiger partial charge in [-0.15, -0.1) is 12.4 Å². The molecule has 1 unspecified atom stereocenters. The predicted octanol–water partition coefficient (Wildman–Crippen LogP) is 2.89. The molecule has 1 atom stereocenters. The number of rotatable bonds is 2. The maximum Gasteiger partial charge on any atom is 0.186 e. The third-order valence-corrected chi connectivity index (χ3v) is 4.50. The first-order valence-electron chi connectivity index (χ1n) is 6.17. The van der Waals surface area contributed by atoms with Gasteiger partial charge in [0, 0.05) is 13.1 Å². The first kappa shape index (κ1) is 13.6. The zero-order valence-electron chi connectivity index (χ0n) is 10.2. The highest BCUT2D eigenvalue weighted by molar-refractivity contribution is 7.22. The molecule has 0 aliphatic carbocycles. The van der Waals surface area contributed by atoms with Crippen LogP contribution in [-0.2, 0) is 0 Å². The number of nitrogens with zero attached hydrogens (tertiary/aromatic N) is 2. The quantitative estimate of drug-likeness (QED) is 0.921. The molecule has 1 aliphatic heterocycles. The van der Waals surface area contributed by atoms with Crippen molar-refractivity contribution in [2.45, 2.75) is 12.8 Å². The molecule has 1 aromatic carbocycles. The topological polar surface area (TPSA) is 42.1 Å². The first-order valence-corrected chi connectivity index (χ1v) is 6.99. The second kappa shape index (κ2) is 5.87. The molecule has 1 saturated heterocycles. The van der Waals surface area contributed by atoms with E-state index in [9.17, 15) is 0 Å². The summed E-state index contributed by atoms with van der Waals surface area (Å²) in [6.07, 6.45) is 2.50. The van der Waals surface area contributed by atoms with Crippen LogP contribution in [0, 0.1) is 5.92 Å². The average Bonchev–Trinajstić information content (AvgIpc) is 2.82. The van der Waals surface area contributed by atoms with E-state index in [0.717, 1.165) is 30.3 Å². The lowest BCUT2D eigenvalue weighted by atomic mass is 9.99. The van der Waals surface area contributed by atoms with Crippen LogP contribution in [-0.4, -0.2) is 24.6 Å². The summed E-state index contributed by atoms with van der Waals surface area (Å²) in [5, 5.41) is 1.16. The lowest BCUT2D eigenvalue weighted by Gasteiger charge is -2.31. The number of para-hydroxylation sites is 1. The molecule has 18 heavy (non-hydrogen) atoms. The highest BCUT2D eigenvalue weighted by Crippen LogP contribution is 2.31. The fraction of sp³-hybridized carbons (Fsp3) is 0.462. The van der Waals surface area contributed by atoms with E-state index in [1.165, 1.54) is 17.5 Å². The Bertz CT molecular complexity index is 481. The Balaban J connectivity index is 0.00000120. The van der Waals surface area contributed by atoms with Crippen molar-refractivity contribution in [2.75, 3.05) is 24.5 Å². The first-order chi connectivity index (χ1) is 8.36. The smallest absolute Gasteiger partial charge is 0.186 e. The molecule has 0 saturated carbocycles. The van der Waals surface area contributed by atoms with Gasteiger partial charge in [0.2, 0.25) is 0 Å². The van der Waals surface area contributed by atoms with E-state index in [2.05, 4.69) is 23.1 Å². The van der Waals surface area contributed by atoms with Crippen LogP contribution in [0.1, 0.15) is 12.8 Å². The van der Waals surface area contributed by atoms with Crippen molar-refractivity contribution in [1.29, 1.82) is 0 Å². The molecule has 0 radical (unpaired) electrons. The van der Waals surface area contributed by atoms with Crippen LogP contribution < -0.4 is 10.6 Å². The molecule has 0 bridgehead atoms. The zero-order valence-corrected chi connectivity index (χ0v) is 11.8. The number of benzene rings is 1. The third-order valence-electron chi connectivity index (χ3n) is 3.41. The molecule has 2 N–H and O–H groups in total. The fourth-order valence-electron chi connectivity index (χ4n) is 2.43. The zero-order chi connectivity index (χ0) is 11.7. The van der Waals surface area contributed by atoms with Gasteiger partial charge in [0.25, 0.3) is 0 Å². The number of piperidine rings is 1. The van der Waals surface area contributed by atoms with Gasteiger partial charge in [-0.3, -0.25) is 0 Å². The Morgan fingerprint density at radius 3 is 3.00 bits per heavy atom.